The number of hydrogen-bond acceptors (Lipinski definition) is 4. The van der Waals surface area contributed by atoms with Gasteiger partial charge in [-0.1, -0.05) is 6.07 Å². The van der Waals surface area contributed by atoms with Gasteiger partial charge < -0.3 is 0 Å². The number of pyridine rings is 1. The molecule has 2 aliphatic rings. The molecule has 122 valence electrons. The molecule has 2 heterocycles. The van der Waals surface area contributed by atoms with Gasteiger partial charge in [0.2, 0.25) is 10.0 Å². The predicted octanol–water partition coefficient (Wildman–Crippen LogP) is 1.68. The summed E-state index contributed by atoms with van der Waals surface area (Å²) < 4.78 is 25.3. The number of nitrogens with zero attached hydrogens (tertiary/aromatic N) is 2. The lowest BCUT2D eigenvalue weighted by molar-refractivity contribution is 0.0103. The van der Waals surface area contributed by atoms with Gasteiger partial charge in [0.25, 0.3) is 0 Å². The molecule has 3 rings (SSSR count). The van der Waals surface area contributed by atoms with E-state index in [0.29, 0.717) is 5.41 Å². The van der Waals surface area contributed by atoms with E-state index < -0.39 is 10.0 Å². The molecule has 1 aliphatic carbocycles. The summed E-state index contributed by atoms with van der Waals surface area (Å²) in [5.41, 5.74) is 2.80. The van der Waals surface area contributed by atoms with E-state index in [0.717, 1.165) is 32.5 Å². The average Bonchev–Trinajstić information content (AvgIpc) is 2.40. The molecule has 22 heavy (non-hydrogen) atoms. The Morgan fingerprint density at radius 1 is 1.36 bits per heavy atom. The summed E-state index contributed by atoms with van der Waals surface area (Å²) in [5, 5.41) is 0. The Hall–Kier alpha value is -0.980. The summed E-state index contributed by atoms with van der Waals surface area (Å²) in [7, 11) is -3.06. The Balaban J connectivity index is 1.49. The number of likely N-dealkylation sites (tertiary alicyclic amines) is 1. The Labute approximate surface area is 133 Å². The van der Waals surface area contributed by atoms with Crippen molar-refractivity contribution in [2.45, 2.75) is 45.2 Å². The molecule has 0 aromatic carbocycles. The number of aryl methyl sites for hydroxylation is 1. The van der Waals surface area contributed by atoms with Crippen LogP contribution in [0.3, 0.4) is 0 Å². The summed E-state index contributed by atoms with van der Waals surface area (Å²) in [6.45, 7) is 5.21. The van der Waals surface area contributed by atoms with Gasteiger partial charge in [-0.05, 0) is 62.7 Å². The van der Waals surface area contributed by atoms with E-state index >= 15 is 0 Å². The maximum atomic E-state index is 11.3. The highest BCUT2D eigenvalue weighted by Crippen LogP contribution is 2.49. The van der Waals surface area contributed by atoms with Gasteiger partial charge in [-0.15, -0.1) is 0 Å². The van der Waals surface area contributed by atoms with Crippen LogP contribution in [0.1, 0.15) is 36.9 Å². The van der Waals surface area contributed by atoms with Crippen LogP contribution in [-0.2, 0) is 16.6 Å². The zero-order valence-corrected chi connectivity index (χ0v) is 14.2. The molecule has 5 nitrogen and oxygen atoms in total. The van der Waals surface area contributed by atoms with E-state index in [9.17, 15) is 8.42 Å². The van der Waals surface area contributed by atoms with Crippen molar-refractivity contribution in [2.75, 3.05) is 19.3 Å². The molecule has 0 unspecified atom stereocenters. The molecule has 0 bridgehead atoms. The first kappa shape index (κ1) is 15.9. The van der Waals surface area contributed by atoms with E-state index in [1.807, 2.05) is 12.3 Å². The van der Waals surface area contributed by atoms with Crippen LogP contribution in [0.15, 0.2) is 18.3 Å². The maximum Gasteiger partial charge on any atom is 0.208 e. The molecule has 1 spiro atoms. The largest absolute Gasteiger partial charge is 0.297 e. The van der Waals surface area contributed by atoms with Gasteiger partial charge in [-0.25, -0.2) is 13.1 Å². The van der Waals surface area contributed by atoms with E-state index in [1.165, 1.54) is 30.4 Å². The van der Waals surface area contributed by atoms with Gasteiger partial charge in [0.05, 0.1) is 11.9 Å². The van der Waals surface area contributed by atoms with Gasteiger partial charge in [0, 0.05) is 18.8 Å². The zero-order chi connectivity index (χ0) is 15.8. The van der Waals surface area contributed by atoms with Crippen LogP contribution in [0.4, 0.5) is 0 Å². The first-order chi connectivity index (χ1) is 10.4. The molecule has 1 aromatic rings. The minimum absolute atomic E-state index is 0.152. The summed E-state index contributed by atoms with van der Waals surface area (Å²) in [5.74, 6) is 0. The standard InChI is InChI=1S/C16H25N3O2S/c1-13-4-3-7-17-15(13)12-19-8-5-16(6-9-19)10-14(11-16)18-22(2,20)21/h3-4,7,14,18H,5-6,8-12H2,1-2H3. The van der Waals surface area contributed by atoms with Crippen LogP contribution in [0.25, 0.3) is 0 Å². The fourth-order valence-electron chi connectivity index (χ4n) is 3.86. The number of rotatable bonds is 4. The van der Waals surface area contributed by atoms with Crippen molar-refractivity contribution in [3.8, 4) is 0 Å². The lowest BCUT2D eigenvalue weighted by Crippen LogP contribution is -2.54. The van der Waals surface area contributed by atoms with Gasteiger partial charge in [-0.3, -0.25) is 9.88 Å². The van der Waals surface area contributed by atoms with Crippen LogP contribution in [0.5, 0.6) is 0 Å². The molecule has 0 amide bonds. The van der Waals surface area contributed by atoms with E-state index in [-0.39, 0.29) is 6.04 Å². The minimum Gasteiger partial charge on any atom is -0.297 e. The summed E-state index contributed by atoms with van der Waals surface area (Å²) >= 11 is 0. The second kappa shape index (κ2) is 5.91. The lowest BCUT2D eigenvalue weighted by atomic mass is 9.60. The second-order valence-corrected chi connectivity index (χ2v) is 8.82. The fourth-order valence-corrected chi connectivity index (χ4v) is 4.63. The van der Waals surface area contributed by atoms with E-state index in [1.54, 1.807) is 0 Å². The van der Waals surface area contributed by atoms with Crippen molar-refractivity contribution in [2.24, 2.45) is 5.41 Å². The molecular formula is C16H25N3O2S. The first-order valence-corrected chi connectivity index (χ1v) is 9.85. The zero-order valence-electron chi connectivity index (χ0n) is 13.4. The van der Waals surface area contributed by atoms with Gasteiger partial charge in [-0.2, -0.15) is 0 Å². The van der Waals surface area contributed by atoms with Crippen LogP contribution < -0.4 is 4.72 Å². The molecule has 0 radical (unpaired) electrons. The number of piperidine rings is 1. The average molecular weight is 323 g/mol. The van der Waals surface area contributed by atoms with Crippen LogP contribution in [0.2, 0.25) is 0 Å². The predicted molar refractivity (Wildman–Crippen MR) is 86.9 cm³/mol. The molecule has 1 saturated carbocycles. The van der Waals surface area contributed by atoms with Crippen LogP contribution >= 0.6 is 0 Å². The number of sulfonamides is 1. The summed E-state index contributed by atoms with van der Waals surface area (Å²) in [6, 6.07) is 4.24. The van der Waals surface area contributed by atoms with Crippen molar-refractivity contribution < 1.29 is 8.42 Å². The molecule has 1 N–H and O–H groups in total. The molecule has 0 atom stereocenters. The SMILES string of the molecule is Cc1cccnc1CN1CCC2(CC1)CC(NS(C)(=O)=O)C2. The highest BCUT2D eigenvalue weighted by atomic mass is 32.2. The number of nitrogens with one attached hydrogen (secondary N) is 1. The molecule has 6 heteroatoms. The second-order valence-electron chi connectivity index (χ2n) is 7.04. The molecular weight excluding hydrogens is 298 g/mol. The Morgan fingerprint density at radius 3 is 2.64 bits per heavy atom. The summed E-state index contributed by atoms with van der Waals surface area (Å²) in [6.07, 6.45) is 7.44. The third kappa shape index (κ3) is 3.67. The fraction of sp³-hybridized carbons (Fsp3) is 0.688. The van der Waals surface area contributed by atoms with Crippen molar-refractivity contribution in [1.29, 1.82) is 0 Å². The van der Waals surface area contributed by atoms with Crippen LogP contribution in [0, 0.1) is 12.3 Å². The van der Waals surface area contributed by atoms with Gasteiger partial charge in [0.1, 0.15) is 0 Å². The first-order valence-electron chi connectivity index (χ1n) is 7.95. The molecule has 2 fully saturated rings. The van der Waals surface area contributed by atoms with Crippen molar-refractivity contribution in [3.63, 3.8) is 0 Å². The minimum atomic E-state index is -3.06. The van der Waals surface area contributed by atoms with Gasteiger partial charge >= 0.3 is 0 Å². The number of aromatic nitrogens is 1. The van der Waals surface area contributed by atoms with Crippen LogP contribution in [-0.4, -0.2) is 43.7 Å². The molecule has 1 aliphatic heterocycles. The Bertz CT molecular complexity index is 629. The van der Waals surface area contributed by atoms with Crippen molar-refractivity contribution in [3.05, 3.63) is 29.6 Å². The topological polar surface area (TPSA) is 62.3 Å². The smallest absolute Gasteiger partial charge is 0.208 e. The highest BCUT2D eigenvalue weighted by Gasteiger charge is 2.46. The van der Waals surface area contributed by atoms with Crippen molar-refractivity contribution >= 4 is 10.0 Å². The normalized spacial score (nSPS) is 22.6. The highest BCUT2D eigenvalue weighted by molar-refractivity contribution is 7.88. The Kier molecular flexibility index (Phi) is 4.27. The summed E-state index contributed by atoms with van der Waals surface area (Å²) in [4.78, 5) is 6.95. The Morgan fingerprint density at radius 2 is 2.05 bits per heavy atom. The molecule has 1 saturated heterocycles. The van der Waals surface area contributed by atoms with Crippen molar-refractivity contribution in [1.82, 2.24) is 14.6 Å². The molecule has 1 aromatic heterocycles. The third-order valence-corrected chi connectivity index (χ3v) is 5.91. The van der Waals surface area contributed by atoms with E-state index in [2.05, 4.69) is 27.6 Å². The monoisotopic (exact) mass is 323 g/mol. The quantitative estimate of drug-likeness (QED) is 0.916. The lowest BCUT2D eigenvalue weighted by Gasteiger charge is -2.52. The van der Waals surface area contributed by atoms with E-state index in [4.69, 9.17) is 0 Å². The van der Waals surface area contributed by atoms with Gasteiger partial charge in [0.15, 0.2) is 0 Å². The number of hydrogen-bond donors (Lipinski definition) is 1. The third-order valence-electron chi connectivity index (χ3n) is 5.15. The maximum absolute atomic E-state index is 11.3.